The third-order valence-electron chi connectivity index (χ3n) is 4.99. The topological polar surface area (TPSA) is 148 Å². The second-order valence-electron chi connectivity index (χ2n) is 7.55. The first kappa shape index (κ1) is 23.4. The second-order valence-corrected chi connectivity index (χ2v) is 7.55. The number of ether oxygens (including phenoxy) is 1. The van der Waals surface area contributed by atoms with Crippen molar-refractivity contribution < 1.29 is 28.8 Å². The number of hydrogen-bond donors (Lipinski definition) is 2. The van der Waals surface area contributed by atoms with Gasteiger partial charge in [0.2, 0.25) is 11.8 Å². The predicted molar refractivity (Wildman–Crippen MR) is 119 cm³/mol. The summed E-state index contributed by atoms with van der Waals surface area (Å²) in [4.78, 5) is 59.8. The standard InChI is InChI=1S/C22H22N4O7/c1-13-3-8-18(10-19(13)26(31)32)25-11-15(9-21(25)29)22(30)33-12-20(28)24-17-6-4-16(5-7-17)23-14(2)27/h3-8,10,15H,9,11-12H2,1-2H3,(H,23,27)(H,24,28)/t15-/m0/s1. The molecule has 33 heavy (non-hydrogen) atoms. The lowest BCUT2D eigenvalue weighted by Gasteiger charge is -2.16. The summed E-state index contributed by atoms with van der Waals surface area (Å²) in [5.41, 5.74) is 1.69. The van der Waals surface area contributed by atoms with Crippen LogP contribution < -0.4 is 15.5 Å². The first-order chi connectivity index (χ1) is 15.6. The molecule has 11 nitrogen and oxygen atoms in total. The van der Waals surface area contributed by atoms with Crippen molar-refractivity contribution in [1.82, 2.24) is 0 Å². The van der Waals surface area contributed by atoms with Crippen molar-refractivity contribution in [2.75, 3.05) is 28.7 Å². The highest BCUT2D eigenvalue weighted by atomic mass is 16.6. The van der Waals surface area contributed by atoms with E-state index in [1.165, 1.54) is 17.9 Å². The summed E-state index contributed by atoms with van der Waals surface area (Å²) in [6, 6.07) is 10.8. The maximum Gasteiger partial charge on any atom is 0.311 e. The van der Waals surface area contributed by atoms with Crippen LogP contribution in [0.4, 0.5) is 22.7 Å². The zero-order valence-electron chi connectivity index (χ0n) is 18.0. The number of aryl methyl sites for hydroxylation is 1. The van der Waals surface area contributed by atoms with Crippen LogP contribution in [0.15, 0.2) is 42.5 Å². The average molecular weight is 454 g/mol. The molecule has 0 radical (unpaired) electrons. The van der Waals surface area contributed by atoms with Crippen LogP contribution in [0.2, 0.25) is 0 Å². The van der Waals surface area contributed by atoms with Crippen LogP contribution >= 0.6 is 0 Å². The molecule has 3 rings (SSSR count). The Hall–Kier alpha value is -4.28. The molecule has 1 heterocycles. The van der Waals surface area contributed by atoms with E-state index in [1.807, 2.05) is 0 Å². The van der Waals surface area contributed by atoms with Crippen LogP contribution in [0.5, 0.6) is 0 Å². The Morgan fingerprint density at radius 1 is 1.12 bits per heavy atom. The van der Waals surface area contributed by atoms with Gasteiger partial charge in [0.15, 0.2) is 6.61 Å². The Balaban J connectivity index is 1.53. The van der Waals surface area contributed by atoms with Gasteiger partial charge in [-0.05, 0) is 37.3 Å². The number of carbonyl (C=O) groups is 4. The van der Waals surface area contributed by atoms with Crippen LogP contribution in [0.3, 0.4) is 0 Å². The Kier molecular flexibility index (Phi) is 7.01. The van der Waals surface area contributed by atoms with Gasteiger partial charge in [-0.3, -0.25) is 29.3 Å². The van der Waals surface area contributed by atoms with Gasteiger partial charge in [0.25, 0.3) is 11.6 Å². The summed E-state index contributed by atoms with van der Waals surface area (Å²) < 4.78 is 5.05. The molecule has 0 bridgehead atoms. The molecule has 1 atom stereocenters. The Labute approximate surface area is 188 Å². The minimum absolute atomic E-state index is 0.00408. The van der Waals surface area contributed by atoms with E-state index < -0.39 is 29.3 Å². The molecule has 1 fully saturated rings. The van der Waals surface area contributed by atoms with E-state index in [2.05, 4.69) is 10.6 Å². The smallest absolute Gasteiger partial charge is 0.311 e. The van der Waals surface area contributed by atoms with Crippen LogP contribution in [0, 0.1) is 23.0 Å². The number of nitro benzene ring substituents is 1. The molecule has 0 aliphatic carbocycles. The molecule has 2 aromatic carbocycles. The fourth-order valence-electron chi connectivity index (χ4n) is 3.37. The zero-order chi connectivity index (χ0) is 24.1. The number of anilines is 3. The maximum absolute atomic E-state index is 12.4. The van der Waals surface area contributed by atoms with Gasteiger partial charge in [-0.1, -0.05) is 6.07 Å². The number of hydrogen-bond acceptors (Lipinski definition) is 7. The van der Waals surface area contributed by atoms with Gasteiger partial charge < -0.3 is 20.3 Å². The van der Waals surface area contributed by atoms with Gasteiger partial charge in [0, 0.05) is 42.9 Å². The average Bonchev–Trinajstić information content (AvgIpc) is 3.15. The molecule has 0 unspecified atom stereocenters. The fraction of sp³-hybridized carbons (Fsp3) is 0.273. The molecule has 1 aliphatic heterocycles. The summed E-state index contributed by atoms with van der Waals surface area (Å²) >= 11 is 0. The molecular weight excluding hydrogens is 432 g/mol. The van der Waals surface area contributed by atoms with Gasteiger partial charge in [-0.2, -0.15) is 0 Å². The highest BCUT2D eigenvalue weighted by molar-refractivity contribution is 6.00. The molecule has 1 aliphatic rings. The van der Waals surface area contributed by atoms with Gasteiger partial charge in [-0.25, -0.2) is 0 Å². The van der Waals surface area contributed by atoms with E-state index in [-0.39, 0.29) is 30.5 Å². The van der Waals surface area contributed by atoms with Crippen molar-refractivity contribution in [2.45, 2.75) is 20.3 Å². The van der Waals surface area contributed by atoms with Gasteiger partial charge in [0.05, 0.1) is 16.5 Å². The highest BCUT2D eigenvalue weighted by Crippen LogP contribution is 2.30. The lowest BCUT2D eigenvalue weighted by atomic mass is 10.1. The quantitative estimate of drug-likeness (QED) is 0.371. The SMILES string of the molecule is CC(=O)Nc1ccc(NC(=O)COC(=O)[C@H]2CC(=O)N(c3ccc(C)c([N+](=O)[O-])c3)C2)cc1. The van der Waals surface area contributed by atoms with E-state index in [0.717, 1.165) is 0 Å². The number of nitro groups is 1. The van der Waals surface area contributed by atoms with E-state index in [4.69, 9.17) is 4.74 Å². The number of esters is 1. The molecule has 0 saturated carbocycles. The predicted octanol–water partition coefficient (Wildman–Crippen LogP) is 2.40. The number of nitrogens with one attached hydrogen (secondary N) is 2. The Bertz CT molecular complexity index is 1110. The summed E-state index contributed by atoms with van der Waals surface area (Å²) in [6.07, 6.45) is -0.118. The van der Waals surface area contributed by atoms with Gasteiger partial charge >= 0.3 is 5.97 Å². The molecule has 2 aromatic rings. The van der Waals surface area contributed by atoms with Crippen LogP contribution in [0.25, 0.3) is 0 Å². The maximum atomic E-state index is 12.4. The van der Waals surface area contributed by atoms with Crippen molar-refractivity contribution in [3.05, 3.63) is 58.1 Å². The summed E-state index contributed by atoms with van der Waals surface area (Å²) in [6.45, 7) is 2.44. The van der Waals surface area contributed by atoms with Crippen LogP contribution in [-0.2, 0) is 23.9 Å². The zero-order valence-corrected chi connectivity index (χ0v) is 18.0. The lowest BCUT2D eigenvalue weighted by Crippen LogP contribution is -2.28. The highest BCUT2D eigenvalue weighted by Gasteiger charge is 2.37. The second kappa shape index (κ2) is 9.90. The summed E-state index contributed by atoms with van der Waals surface area (Å²) in [5.74, 6) is -2.64. The minimum atomic E-state index is -0.789. The summed E-state index contributed by atoms with van der Waals surface area (Å²) in [5, 5.41) is 16.3. The van der Waals surface area contributed by atoms with Crippen LogP contribution in [0.1, 0.15) is 18.9 Å². The number of benzene rings is 2. The fourth-order valence-corrected chi connectivity index (χ4v) is 3.37. The molecule has 0 spiro atoms. The third-order valence-corrected chi connectivity index (χ3v) is 4.99. The van der Waals surface area contributed by atoms with Crippen molar-refractivity contribution in [2.24, 2.45) is 5.92 Å². The number of nitrogens with zero attached hydrogens (tertiary/aromatic N) is 2. The monoisotopic (exact) mass is 454 g/mol. The van der Waals surface area contributed by atoms with Crippen molar-refractivity contribution in [3.63, 3.8) is 0 Å². The van der Waals surface area contributed by atoms with Crippen molar-refractivity contribution in [3.8, 4) is 0 Å². The molecular formula is C22H22N4O7. The van der Waals surface area contributed by atoms with Gasteiger partial charge in [-0.15, -0.1) is 0 Å². The molecule has 2 N–H and O–H groups in total. The third kappa shape index (κ3) is 5.91. The first-order valence-corrected chi connectivity index (χ1v) is 10.0. The Morgan fingerprint density at radius 3 is 2.36 bits per heavy atom. The largest absolute Gasteiger partial charge is 0.455 e. The first-order valence-electron chi connectivity index (χ1n) is 10.0. The normalized spacial score (nSPS) is 15.2. The molecule has 172 valence electrons. The number of rotatable bonds is 7. The van der Waals surface area contributed by atoms with Crippen molar-refractivity contribution >= 4 is 46.4 Å². The van der Waals surface area contributed by atoms with Crippen LogP contribution in [-0.4, -0.2) is 41.8 Å². The number of carbonyl (C=O) groups excluding carboxylic acids is 4. The summed E-state index contributed by atoms with van der Waals surface area (Å²) in [7, 11) is 0. The van der Waals surface area contributed by atoms with E-state index >= 15 is 0 Å². The van der Waals surface area contributed by atoms with E-state index in [9.17, 15) is 29.3 Å². The Morgan fingerprint density at radius 2 is 1.76 bits per heavy atom. The van der Waals surface area contributed by atoms with E-state index in [0.29, 0.717) is 22.6 Å². The minimum Gasteiger partial charge on any atom is -0.455 e. The molecule has 1 saturated heterocycles. The lowest BCUT2D eigenvalue weighted by molar-refractivity contribution is -0.385. The molecule has 11 heteroatoms. The van der Waals surface area contributed by atoms with Crippen molar-refractivity contribution in [1.29, 1.82) is 0 Å². The molecule has 3 amide bonds. The molecule has 0 aromatic heterocycles. The number of amides is 3. The van der Waals surface area contributed by atoms with Gasteiger partial charge in [0.1, 0.15) is 0 Å². The van der Waals surface area contributed by atoms with E-state index in [1.54, 1.807) is 43.3 Å².